The van der Waals surface area contributed by atoms with Crippen molar-refractivity contribution in [3.63, 3.8) is 0 Å². The molecule has 0 atom stereocenters. The van der Waals surface area contributed by atoms with Crippen molar-refractivity contribution in [2.24, 2.45) is 5.73 Å². The molecule has 0 saturated heterocycles. The van der Waals surface area contributed by atoms with E-state index < -0.39 is 5.54 Å². The van der Waals surface area contributed by atoms with Gasteiger partial charge in [0.25, 0.3) is 5.91 Å². The summed E-state index contributed by atoms with van der Waals surface area (Å²) in [6.45, 7) is 4.43. The zero-order valence-electron chi connectivity index (χ0n) is 14.5. The van der Waals surface area contributed by atoms with Crippen LogP contribution in [0.5, 0.6) is 11.5 Å². The average molecular weight is 365 g/mol. The molecule has 1 amide bonds. The van der Waals surface area contributed by atoms with E-state index in [1.54, 1.807) is 6.07 Å². The highest BCUT2D eigenvalue weighted by Crippen LogP contribution is 2.27. The normalized spacial score (nSPS) is 10.5. The Kier molecular flexibility index (Phi) is 8.25. The third-order valence-electron chi connectivity index (χ3n) is 3.43. The van der Waals surface area contributed by atoms with Crippen LogP contribution in [0.4, 0.5) is 0 Å². The lowest BCUT2D eigenvalue weighted by atomic mass is 10.1. The fourth-order valence-electron chi connectivity index (χ4n) is 2.03. The second-order valence-electron chi connectivity index (χ2n) is 6.15. The Morgan fingerprint density at radius 2 is 1.56 bits per heavy atom. The molecule has 0 spiro atoms. The van der Waals surface area contributed by atoms with Crippen LogP contribution in [-0.4, -0.2) is 24.6 Å². The lowest BCUT2D eigenvalue weighted by Crippen LogP contribution is -2.50. The first-order valence-electron chi connectivity index (χ1n) is 7.90. The van der Waals surface area contributed by atoms with Crippen LogP contribution in [-0.2, 0) is 11.4 Å². The summed E-state index contributed by atoms with van der Waals surface area (Å²) in [6, 6.07) is 17.2. The molecule has 6 heteroatoms. The number of carbonyl (C=O) groups excluding carboxylic acids is 1. The number of nitrogens with two attached hydrogens (primary N) is 1. The summed E-state index contributed by atoms with van der Waals surface area (Å²) in [4.78, 5) is 11.9. The van der Waals surface area contributed by atoms with E-state index in [0.29, 0.717) is 24.7 Å². The van der Waals surface area contributed by atoms with Crippen LogP contribution in [0.2, 0.25) is 0 Å². The quantitative estimate of drug-likeness (QED) is 0.755. The molecule has 0 heterocycles. The van der Waals surface area contributed by atoms with Crippen molar-refractivity contribution in [3.05, 3.63) is 60.2 Å². The van der Waals surface area contributed by atoms with E-state index in [1.165, 1.54) is 0 Å². The van der Waals surface area contributed by atoms with Gasteiger partial charge in [-0.05, 0) is 31.5 Å². The smallest absolute Gasteiger partial charge is 0.258 e. The summed E-state index contributed by atoms with van der Waals surface area (Å²) >= 11 is 0. The summed E-state index contributed by atoms with van der Waals surface area (Å²) in [6.07, 6.45) is 0. The molecule has 0 aromatic heterocycles. The first kappa shape index (κ1) is 20.8. The van der Waals surface area contributed by atoms with E-state index >= 15 is 0 Å². The Morgan fingerprint density at radius 1 is 1.00 bits per heavy atom. The minimum absolute atomic E-state index is 0. The highest BCUT2D eigenvalue weighted by atomic mass is 35.5. The van der Waals surface area contributed by atoms with Gasteiger partial charge in [-0.25, -0.2) is 0 Å². The predicted molar refractivity (Wildman–Crippen MR) is 101 cm³/mol. The average Bonchev–Trinajstić information content (AvgIpc) is 2.59. The van der Waals surface area contributed by atoms with E-state index in [-0.39, 0.29) is 24.9 Å². The van der Waals surface area contributed by atoms with Gasteiger partial charge < -0.3 is 20.5 Å². The Bertz CT molecular complexity index is 663. The number of amides is 1. The first-order valence-corrected chi connectivity index (χ1v) is 7.90. The Balaban J connectivity index is 0.00000312. The lowest BCUT2D eigenvalue weighted by Gasteiger charge is -2.24. The number of ether oxygens (including phenoxy) is 2. The molecule has 0 aliphatic carbocycles. The lowest BCUT2D eigenvalue weighted by molar-refractivity contribution is -0.124. The first-order chi connectivity index (χ1) is 11.5. The zero-order valence-corrected chi connectivity index (χ0v) is 15.3. The van der Waals surface area contributed by atoms with Gasteiger partial charge in [0.2, 0.25) is 0 Å². The van der Waals surface area contributed by atoms with Crippen molar-refractivity contribution in [3.8, 4) is 11.5 Å². The molecule has 2 aromatic rings. The van der Waals surface area contributed by atoms with E-state index in [2.05, 4.69) is 5.32 Å². The van der Waals surface area contributed by atoms with Gasteiger partial charge in [0, 0.05) is 12.1 Å². The van der Waals surface area contributed by atoms with Crippen molar-refractivity contribution in [1.29, 1.82) is 0 Å². The Morgan fingerprint density at radius 3 is 2.16 bits per heavy atom. The molecule has 0 aliphatic heterocycles. The minimum atomic E-state index is -0.455. The van der Waals surface area contributed by atoms with Gasteiger partial charge >= 0.3 is 0 Å². The van der Waals surface area contributed by atoms with Crippen molar-refractivity contribution in [2.75, 3.05) is 13.2 Å². The van der Waals surface area contributed by atoms with E-state index in [1.807, 2.05) is 62.4 Å². The number of rotatable bonds is 8. The van der Waals surface area contributed by atoms with Crippen molar-refractivity contribution >= 4 is 18.3 Å². The van der Waals surface area contributed by atoms with Gasteiger partial charge in [-0.15, -0.1) is 12.4 Å². The molecule has 136 valence electrons. The molecule has 0 unspecified atom stereocenters. The number of halogens is 1. The predicted octanol–water partition coefficient (Wildman–Crippen LogP) is 2.92. The van der Waals surface area contributed by atoms with Gasteiger partial charge in [-0.3, -0.25) is 4.79 Å². The summed E-state index contributed by atoms with van der Waals surface area (Å²) < 4.78 is 11.4. The number of hydrogen-bond donors (Lipinski definition) is 2. The molecule has 2 rings (SSSR count). The molecule has 0 aliphatic rings. The van der Waals surface area contributed by atoms with Crippen LogP contribution in [0.3, 0.4) is 0 Å². The molecule has 3 N–H and O–H groups in total. The van der Waals surface area contributed by atoms with E-state index in [9.17, 15) is 4.79 Å². The summed E-state index contributed by atoms with van der Waals surface area (Å²) in [5, 5.41) is 2.82. The molecule has 2 aromatic carbocycles. The van der Waals surface area contributed by atoms with E-state index in [4.69, 9.17) is 15.2 Å². The molecule has 0 radical (unpaired) electrons. The van der Waals surface area contributed by atoms with E-state index in [0.717, 1.165) is 5.56 Å². The molecule has 0 bridgehead atoms. The zero-order chi connectivity index (χ0) is 17.4. The second-order valence-corrected chi connectivity index (χ2v) is 6.15. The van der Waals surface area contributed by atoms with Gasteiger partial charge in [0.1, 0.15) is 6.61 Å². The topological polar surface area (TPSA) is 73.6 Å². The van der Waals surface area contributed by atoms with Crippen molar-refractivity contribution in [1.82, 2.24) is 5.32 Å². The Hall–Kier alpha value is -2.24. The fraction of sp³-hybridized carbons (Fsp3) is 0.316. The van der Waals surface area contributed by atoms with Crippen LogP contribution in [0, 0.1) is 0 Å². The highest BCUT2D eigenvalue weighted by molar-refractivity contribution is 5.85. The van der Waals surface area contributed by atoms with Gasteiger partial charge in [0.05, 0.1) is 0 Å². The molecular weight excluding hydrogens is 340 g/mol. The highest BCUT2D eigenvalue weighted by Gasteiger charge is 2.18. The molecular formula is C19H25ClN2O3. The molecule has 0 fully saturated rings. The summed E-state index contributed by atoms with van der Waals surface area (Å²) in [5.74, 6) is 0.921. The minimum Gasteiger partial charge on any atom is -0.485 e. The SMILES string of the molecule is CC(C)(CN)NC(=O)COc1ccccc1OCc1ccccc1.Cl. The summed E-state index contributed by atoms with van der Waals surface area (Å²) in [7, 11) is 0. The fourth-order valence-corrected chi connectivity index (χ4v) is 2.03. The van der Waals surface area contributed by atoms with Crippen molar-refractivity contribution in [2.45, 2.75) is 26.0 Å². The monoisotopic (exact) mass is 364 g/mol. The number of carbonyl (C=O) groups is 1. The molecule has 0 saturated carbocycles. The number of para-hydroxylation sites is 2. The largest absolute Gasteiger partial charge is 0.485 e. The maximum atomic E-state index is 11.9. The van der Waals surface area contributed by atoms with Crippen LogP contribution in [0.1, 0.15) is 19.4 Å². The summed E-state index contributed by atoms with van der Waals surface area (Å²) in [5.41, 5.74) is 6.22. The van der Waals surface area contributed by atoms with Crippen molar-refractivity contribution < 1.29 is 14.3 Å². The Labute approximate surface area is 154 Å². The number of nitrogens with one attached hydrogen (secondary N) is 1. The van der Waals surface area contributed by atoms with Gasteiger partial charge in [-0.2, -0.15) is 0 Å². The maximum Gasteiger partial charge on any atom is 0.258 e. The second kappa shape index (κ2) is 9.91. The standard InChI is InChI=1S/C19H24N2O3.ClH/c1-19(2,14-20)21-18(22)13-24-17-11-7-6-10-16(17)23-12-15-8-4-3-5-9-15;/h3-11H,12-14,20H2,1-2H3,(H,21,22);1H. The van der Waals surface area contributed by atoms with Crippen LogP contribution in [0.25, 0.3) is 0 Å². The van der Waals surface area contributed by atoms with Gasteiger partial charge in [0.15, 0.2) is 18.1 Å². The van der Waals surface area contributed by atoms with Crippen LogP contribution >= 0.6 is 12.4 Å². The van der Waals surface area contributed by atoms with Crippen LogP contribution in [0.15, 0.2) is 54.6 Å². The third kappa shape index (κ3) is 7.03. The maximum absolute atomic E-state index is 11.9. The molecule has 5 nitrogen and oxygen atoms in total. The number of hydrogen-bond acceptors (Lipinski definition) is 4. The third-order valence-corrected chi connectivity index (χ3v) is 3.43. The molecule has 25 heavy (non-hydrogen) atoms. The van der Waals surface area contributed by atoms with Gasteiger partial charge in [-0.1, -0.05) is 42.5 Å². The van der Waals surface area contributed by atoms with Crippen LogP contribution < -0.4 is 20.5 Å². The number of benzene rings is 2.